The Kier molecular flexibility index (Phi) is 4.10. The minimum absolute atomic E-state index is 0.155. The van der Waals surface area contributed by atoms with E-state index in [1.807, 2.05) is 0 Å². The quantitative estimate of drug-likeness (QED) is 0.913. The summed E-state index contributed by atoms with van der Waals surface area (Å²) in [6.07, 6.45) is -2.10. The summed E-state index contributed by atoms with van der Waals surface area (Å²) in [7, 11) is 0. The molecule has 2 amide bonds. The molecule has 0 atom stereocenters. The summed E-state index contributed by atoms with van der Waals surface area (Å²) in [6.45, 7) is 1.89. The lowest BCUT2D eigenvalue weighted by Crippen LogP contribution is -2.28. The Morgan fingerprint density at radius 2 is 2.10 bits per heavy atom. The zero-order chi connectivity index (χ0) is 15.5. The second kappa shape index (κ2) is 5.81. The smallest absolute Gasteiger partial charge is 0.361 e. The molecule has 2 aromatic heterocycles. The number of carbonyl (C=O) groups excluding carboxylic acids is 1. The van der Waals surface area contributed by atoms with Crippen molar-refractivity contribution in [3.63, 3.8) is 0 Å². The maximum Gasteiger partial charge on any atom is 0.433 e. The van der Waals surface area contributed by atoms with Gasteiger partial charge in [0.1, 0.15) is 11.5 Å². The van der Waals surface area contributed by atoms with Crippen LogP contribution < -0.4 is 10.6 Å². The number of alkyl halides is 3. The van der Waals surface area contributed by atoms with Gasteiger partial charge in [0.15, 0.2) is 0 Å². The first-order valence-corrected chi connectivity index (χ1v) is 5.84. The van der Waals surface area contributed by atoms with Gasteiger partial charge < -0.3 is 15.2 Å². The van der Waals surface area contributed by atoms with E-state index in [1.165, 1.54) is 6.20 Å². The van der Waals surface area contributed by atoms with Crippen molar-refractivity contribution in [3.8, 4) is 0 Å². The van der Waals surface area contributed by atoms with Gasteiger partial charge in [-0.15, -0.1) is 0 Å². The van der Waals surface area contributed by atoms with Gasteiger partial charge >= 0.3 is 12.2 Å². The Morgan fingerprint density at radius 1 is 1.33 bits per heavy atom. The second-order valence-electron chi connectivity index (χ2n) is 4.14. The SMILES string of the molecule is Cc1oncc1CNC(=O)Nc1ccc(C(F)(F)F)nc1. The highest BCUT2D eigenvalue weighted by molar-refractivity contribution is 5.88. The van der Waals surface area contributed by atoms with E-state index in [2.05, 4.69) is 20.8 Å². The summed E-state index contributed by atoms with van der Waals surface area (Å²) in [6, 6.07) is 1.34. The first-order chi connectivity index (χ1) is 9.86. The van der Waals surface area contributed by atoms with Crippen LogP contribution in [0.1, 0.15) is 17.0 Å². The maximum atomic E-state index is 12.3. The van der Waals surface area contributed by atoms with Gasteiger partial charge in [0.05, 0.1) is 18.1 Å². The van der Waals surface area contributed by atoms with E-state index >= 15 is 0 Å². The summed E-state index contributed by atoms with van der Waals surface area (Å²) in [5, 5.41) is 8.44. The number of hydrogen-bond donors (Lipinski definition) is 2. The van der Waals surface area contributed by atoms with Crippen LogP contribution in [0.25, 0.3) is 0 Å². The Balaban J connectivity index is 1.89. The van der Waals surface area contributed by atoms with E-state index in [-0.39, 0.29) is 12.2 Å². The normalized spacial score (nSPS) is 11.2. The molecule has 0 bridgehead atoms. The second-order valence-corrected chi connectivity index (χ2v) is 4.14. The van der Waals surface area contributed by atoms with Crippen molar-refractivity contribution in [1.29, 1.82) is 0 Å². The van der Waals surface area contributed by atoms with Crippen molar-refractivity contribution in [2.24, 2.45) is 0 Å². The lowest BCUT2D eigenvalue weighted by molar-refractivity contribution is -0.141. The number of carbonyl (C=O) groups is 1. The molecular weight excluding hydrogens is 289 g/mol. The average molecular weight is 300 g/mol. The monoisotopic (exact) mass is 300 g/mol. The van der Waals surface area contributed by atoms with E-state index in [0.717, 1.165) is 18.3 Å². The van der Waals surface area contributed by atoms with E-state index in [1.54, 1.807) is 6.92 Å². The molecular formula is C12H11F3N4O2. The van der Waals surface area contributed by atoms with Gasteiger partial charge in [-0.1, -0.05) is 5.16 Å². The third-order valence-corrected chi connectivity index (χ3v) is 2.60. The third-order valence-electron chi connectivity index (χ3n) is 2.60. The highest BCUT2D eigenvalue weighted by Crippen LogP contribution is 2.27. The Bertz CT molecular complexity index is 622. The number of aryl methyl sites for hydroxylation is 1. The van der Waals surface area contributed by atoms with Crippen LogP contribution in [0.4, 0.5) is 23.7 Å². The Labute approximate surface area is 117 Å². The Morgan fingerprint density at radius 3 is 2.62 bits per heavy atom. The number of halogens is 3. The molecule has 0 aliphatic rings. The molecule has 0 spiro atoms. The van der Waals surface area contributed by atoms with Gasteiger partial charge in [-0.2, -0.15) is 13.2 Å². The number of urea groups is 1. The molecule has 6 nitrogen and oxygen atoms in total. The fraction of sp³-hybridized carbons (Fsp3) is 0.250. The topological polar surface area (TPSA) is 80.0 Å². The highest BCUT2D eigenvalue weighted by atomic mass is 19.4. The molecule has 0 aliphatic carbocycles. The van der Waals surface area contributed by atoms with Gasteiger partial charge in [0.25, 0.3) is 0 Å². The van der Waals surface area contributed by atoms with Crippen LogP contribution in [0.3, 0.4) is 0 Å². The number of nitrogens with one attached hydrogen (secondary N) is 2. The van der Waals surface area contributed by atoms with Crippen molar-refractivity contribution in [2.75, 3.05) is 5.32 Å². The summed E-state index contributed by atoms with van der Waals surface area (Å²) in [4.78, 5) is 14.8. The zero-order valence-corrected chi connectivity index (χ0v) is 10.9. The van der Waals surface area contributed by atoms with Gasteiger partial charge in [0.2, 0.25) is 0 Å². The van der Waals surface area contributed by atoms with Gasteiger partial charge in [-0.3, -0.25) is 0 Å². The van der Waals surface area contributed by atoms with Crippen LogP contribution >= 0.6 is 0 Å². The molecule has 0 unspecified atom stereocenters. The largest absolute Gasteiger partial charge is 0.433 e. The number of aromatic nitrogens is 2. The third kappa shape index (κ3) is 3.94. The summed E-state index contributed by atoms with van der Waals surface area (Å²) >= 11 is 0. The average Bonchev–Trinajstić information content (AvgIpc) is 2.81. The van der Waals surface area contributed by atoms with E-state index in [0.29, 0.717) is 11.3 Å². The van der Waals surface area contributed by atoms with Gasteiger partial charge in [-0.25, -0.2) is 9.78 Å². The van der Waals surface area contributed by atoms with Crippen LogP contribution in [0.5, 0.6) is 0 Å². The Hall–Kier alpha value is -2.58. The van der Waals surface area contributed by atoms with Gasteiger partial charge in [-0.05, 0) is 19.1 Å². The van der Waals surface area contributed by atoms with Crippen molar-refractivity contribution in [2.45, 2.75) is 19.6 Å². The van der Waals surface area contributed by atoms with Crippen LogP contribution in [0.15, 0.2) is 29.0 Å². The number of anilines is 1. The zero-order valence-electron chi connectivity index (χ0n) is 10.9. The first kappa shape index (κ1) is 14.8. The summed E-state index contributed by atoms with van der Waals surface area (Å²) in [5.74, 6) is 0.575. The number of rotatable bonds is 3. The lowest BCUT2D eigenvalue weighted by Gasteiger charge is -2.08. The van der Waals surface area contributed by atoms with Crippen LogP contribution in [-0.4, -0.2) is 16.2 Å². The number of hydrogen-bond acceptors (Lipinski definition) is 4. The molecule has 0 saturated carbocycles. The molecule has 0 radical (unpaired) electrons. The number of amides is 2. The first-order valence-electron chi connectivity index (χ1n) is 5.84. The van der Waals surface area contributed by atoms with Crippen LogP contribution in [0.2, 0.25) is 0 Å². The molecule has 21 heavy (non-hydrogen) atoms. The fourth-order valence-electron chi connectivity index (χ4n) is 1.47. The molecule has 0 fully saturated rings. The summed E-state index contributed by atoms with van der Waals surface area (Å²) < 4.78 is 41.8. The summed E-state index contributed by atoms with van der Waals surface area (Å²) in [5.41, 5.74) is -0.160. The van der Waals surface area contributed by atoms with Crippen molar-refractivity contribution in [3.05, 3.63) is 41.5 Å². The molecule has 0 saturated heterocycles. The highest BCUT2D eigenvalue weighted by Gasteiger charge is 2.32. The fourth-order valence-corrected chi connectivity index (χ4v) is 1.47. The lowest BCUT2D eigenvalue weighted by atomic mass is 10.3. The minimum Gasteiger partial charge on any atom is -0.361 e. The predicted molar refractivity (Wildman–Crippen MR) is 66.3 cm³/mol. The molecule has 2 aromatic rings. The van der Waals surface area contributed by atoms with E-state index < -0.39 is 17.9 Å². The van der Waals surface area contributed by atoms with Crippen molar-refractivity contribution >= 4 is 11.7 Å². The standard InChI is InChI=1S/C12H11F3N4O2/c1-7-8(5-18-21-7)4-17-11(20)19-9-2-3-10(16-6-9)12(13,14)15/h2-3,5-6H,4H2,1H3,(H2,17,19,20). The molecule has 9 heteroatoms. The molecule has 0 aromatic carbocycles. The molecule has 2 heterocycles. The van der Waals surface area contributed by atoms with E-state index in [9.17, 15) is 18.0 Å². The molecule has 2 rings (SSSR count). The molecule has 2 N–H and O–H groups in total. The molecule has 0 aliphatic heterocycles. The van der Waals surface area contributed by atoms with Crippen molar-refractivity contribution < 1.29 is 22.5 Å². The van der Waals surface area contributed by atoms with E-state index in [4.69, 9.17) is 4.52 Å². The minimum atomic E-state index is -4.51. The number of nitrogens with zero attached hydrogens (tertiary/aromatic N) is 2. The van der Waals surface area contributed by atoms with Crippen molar-refractivity contribution in [1.82, 2.24) is 15.5 Å². The van der Waals surface area contributed by atoms with Crippen LogP contribution in [-0.2, 0) is 12.7 Å². The predicted octanol–water partition coefficient (Wildman–Crippen LogP) is 2.72. The van der Waals surface area contributed by atoms with Gasteiger partial charge in [0, 0.05) is 12.1 Å². The molecule has 112 valence electrons. The number of pyridine rings is 1. The van der Waals surface area contributed by atoms with Crippen LogP contribution in [0, 0.1) is 6.92 Å². The maximum absolute atomic E-state index is 12.3.